The van der Waals surface area contributed by atoms with E-state index in [1.165, 1.54) is 0 Å². The number of carbonyl (C=O) groups excluding carboxylic acids is 1. The van der Waals surface area contributed by atoms with Crippen molar-refractivity contribution in [3.63, 3.8) is 0 Å². The molecule has 0 radical (unpaired) electrons. The molecule has 0 unspecified atom stereocenters. The second-order valence-electron chi connectivity index (χ2n) is 8.12. The van der Waals surface area contributed by atoms with Gasteiger partial charge in [0, 0.05) is 13.2 Å². The monoisotopic (exact) mass is 421 g/mol. The van der Waals surface area contributed by atoms with Crippen LogP contribution < -0.4 is 10.2 Å². The molecule has 1 amide bonds. The van der Waals surface area contributed by atoms with Crippen LogP contribution in [0.1, 0.15) is 53.6 Å². The Morgan fingerprint density at radius 3 is 2.52 bits per heavy atom. The third-order valence-electron chi connectivity index (χ3n) is 5.55. The zero-order valence-electron chi connectivity index (χ0n) is 18.3. The number of hydrogen-bond donors (Lipinski definition) is 0. The van der Waals surface area contributed by atoms with Gasteiger partial charge in [-0.1, -0.05) is 23.8 Å². The maximum Gasteiger partial charge on any atom is 0.290 e. The number of carbonyl (C=O) groups is 1. The lowest BCUT2D eigenvalue weighted by Crippen LogP contribution is -2.31. The summed E-state index contributed by atoms with van der Waals surface area (Å²) in [5.74, 6) is 0.582. The van der Waals surface area contributed by atoms with E-state index in [9.17, 15) is 9.59 Å². The van der Waals surface area contributed by atoms with Crippen LogP contribution >= 0.6 is 0 Å². The number of amides is 1. The molecule has 0 saturated heterocycles. The number of ether oxygens (including phenoxy) is 2. The largest absolute Gasteiger partial charge is 0.497 e. The lowest BCUT2D eigenvalue weighted by molar-refractivity contribution is 0.0593. The fraction of sp³-hybridized carbons (Fsp3) is 0.360. The van der Waals surface area contributed by atoms with E-state index in [0.717, 1.165) is 11.1 Å². The normalized spacial score (nSPS) is 15.7. The maximum atomic E-state index is 13.5. The van der Waals surface area contributed by atoms with Crippen molar-refractivity contribution in [2.24, 2.45) is 0 Å². The fourth-order valence-corrected chi connectivity index (χ4v) is 4.05. The molecule has 1 aliphatic rings. The van der Waals surface area contributed by atoms with Gasteiger partial charge >= 0.3 is 0 Å². The zero-order chi connectivity index (χ0) is 22.1. The molecule has 2 heterocycles. The van der Waals surface area contributed by atoms with Crippen LogP contribution in [0.4, 0.5) is 0 Å². The second-order valence-corrected chi connectivity index (χ2v) is 8.12. The quantitative estimate of drug-likeness (QED) is 0.527. The molecule has 1 aromatic heterocycles. The molecule has 31 heavy (non-hydrogen) atoms. The van der Waals surface area contributed by atoms with Crippen LogP contribution in [0.25, 0.3) is 11.0 Å². The lowest BCUT2D eigenvalue weighted by atomic mass is 9.98. The highest BCUT2D eigenvalue weighted by Crippen LogP contribution is 2.38. The van der Waals surface area contributed by atoms with E-state index in [2.05, 4.69) is 0 Å². The summed E-state index contributed by atoms with van der Waals surface area (Å²) in [5.41, 5.74) is 2.49. The Morgan fingerprint density at radius 2 is 1.84 bits per heavy atom. The van der Waals surface area contributed by atoms with Crippen LogP contribution in [0.3, 0.4) is 0 Å². The van der Waals surface area contributed by atoms with Crippen LogP contribution in [-0.2, 0) is 4.74 Å². The van der Waals surface area contributed by atoms with Gasteiger partial charge in [-0.25, -0.2) is 0 Å². The number of fused-ring (bicyclic) bond motifs is 2. The summed E-state index contributed by atoms with van der Waals surface area (Å²) in [6.45, 7) is 6.89. The predicted molar refractivity (Wildman–Crippen MR) is 119 cm³/mol. The van der Waals surface area contributed by atoms with Gasteiger partial charge in [-0.3, -0.25) is 9.59 Å². The average Bonchev–Trinajstić information content (AvgIpc) is 3.04. The van der Waals surface area contributed by atoms with E-state index >= 15 is 0 Å². The Hall–Kier alpha value is -3.12. The number of methoxy groups -OCH3 is 1. The van der Waals surface area contributed by atoms with Crippen molar-refractivity contribution in [1.82, 2.24) is 4.90 Å². The van der Waals surface area contributed by atoms with E-state index in [0.29, 0.717) is 41.9 Å². The highest BCUT2D eigenvalue weighted by molar-refractivity contribution is 5.99. The van der Waals surface area contributed by atoms with Gasteiger partial charge in [0.15, 0.2) is 5.43 Å². The Bertz CT molecular complexity index is 1160. The third-order valence-corrected chi connectivity index (χ3v) is 5.55. The van der Waals surface area contributed by atoms with E-state index in [1.807, 2.05) is 57.2 Å². The molecule has 4 rings (SSSR count). The molecule has 0 N–H and O–H groups in total. The average molecular weight is 421 g/mol. The summed E-state index contributed by atoms with van der Waals surface area (Å²) in [6.07, 6.45) is 0.790. The molecule has 0 fully saturated rings. The first kappa shape index (κ1) is 21.1. The molecule has 2 aromatic carbocycles. The first-order valence-electron chi connectivity index (χ1n) is 10.5. The summed E-state index contributed by atoms with van der Waals surface area (Å²) >= 11 is 0. The smallest absolute Gasteiger partial charge is 0.290 e. The topological polar surface area (TPSA) is 69.0 Å². The van der Waals surface area contributed by atoms with Crippen molar-refractivity contribution in [2.75, 3.05) is 20.3 Å². The van der Waals surface area contributed by atoms with Gasteiger partial charge in [0.25, 0.3) is 5.91 Å². The standard InChI is InChI=1S/C25H27NO5/c1-15(2)30-13-5-12-26-22(17-7-9-18(29-4)10-8-17)21-23(27)19-14-16(3)6-11-20(19)31-24(21)25(26)28/h6-11,14-15,22H,5,12-13H2,1-4H3/t22-/m1/s1. The van der Waals surface area contributed by atoms with Crippen molar-refractivity contribution in [2.45, 2.75) is 39.3 Å². The number of benzene rings is 2. The molecule has 6 heteroatoms. The molecule has 0 aliphatic carbocycles. The van der Waals surface area contributed by atoms with E-state index < -0.39 is 6.04 Å². The molecule has 1 aliphatic heterocycles. The molecule has 3 aromatic rings. The van der Waals surface area contributed by atoms with Crippen molar-refractivity contribution in [3.05, 3.63) is 75.1 Å². The summed E-state index contributed by atoms with van der Waals surface area (Å²) in [7, 11) is 1.60. The van der Waals surface area contributed by atoms with E-state index in [4.69, 9.17) is 13.9 Å². The Morgan fingerprint density at radius 1 is 1.10 bits per heavy atom. The van der Waals surface area contributed by atoms with Gasteiger partial charge < -0.3 is 18.8 Å². The molecule has 0 bridgehead atoms. The lowest BCUT2D eigenvalue weighted by Gasteiger charge is -2.25. The molecule has 162 valence electrons. The molecular weight excluding hydrogens is 394 g/mol. The van der Waals surface area contributed by atoms with Crippen LogP contribution in [-0.4, -0.2) is 37.2 Å². The molecule has 6 nitrogen and oxygen atoms in total. The van der Waals surface area contributed by atoms with Crippen molar-refractivity contribution >= 4 is 16.9 Å². The Balaban J connectivity index is 1.81. The van der Waals surface area contributed by atoms with Gasteiger partial charge in [0.05, 0.1) is 30.2 Å². The fourth-order valence-electron chi connectivity index (χ4n) is 4.05. The first-order chi connectivity index (χ1) is 14.9. The Labute approximate surface area is 181 Å². The third kappa shape index (κ3) is 3.95. The van der Waals surface area contributed by atoms with E-state index in [1.54, 1.807) is 18.1 Å². The number of nitrogens with zero attached hydrogens (tertiary/aromatic N) is 1. The predicted octanol–water partition coefficient (Wildman–Crippen LogP) is 4.47. The minimum atomic E-state index is -0.506. The summed E-state index contributed by atoms with van der Waals surface area (Å²) in [4.78, 5) is 28.5. The van der Waals surface area contributed by atoms with Crippen molar-refractivity contribution < 1.29 is 18.7 Å². The van der Waals surface area contributed by atoms with Crippen LogP contribution in [0, 0.1) is 6.92 Å². The summed E-state index contributed by atoms with van der Waals surface area (Å²) in [5, 5.41) is 0.495. The number of hydrogen-bond acceptors (Lipinski definition) is 5. The maximum absolute atomic E-state index is 13.5. The second kappa shape index (κ2) is 8.55. The highest BCUT2D eigenvalue weighted by atomic mass is 16.5. The number of aryl methyl sites for hydroxylation is 1. The minimum absolute atomic E-state index is 0.126. The molecule has 1 atom stereocenters. The molecular formula is C25H27NO5. The first-order valence-corrected chi connectivity index (χ1v) is 10.5. The van der Waals surface area contributed by atoms with Crippen molar-refractivity contribution in [1.29, 1.82) is 0 Å². The minimum Gasteiger partial charge on any atom is -0.497 e. The number of rotatable bonds is 7. The SMILES string of the molecule is COc1ccc([C@@H]2c3c(oc4ccc(C)cc4c3=O)C(=O)N2CCCOC(C)C)cc1. The van der Waals surface area contributed by atoms with Gasteiger partial charge in [-0.05, 0) is 57.0 Å². The van der Waals surface area contributed by atoms with E-state index in [-0.39, 0.29) is 23.2 Å². The van der Waals surface area contributed by atoms with Gasteiger partial charge in [0.1, 0.15) is 11.3 Å². The van der Waals surface area contributed by atoms with Gasteiger partial charge in [-0.2, -0.15) is 0 Å². The summed E-state index contributed by atoms with van der Waals surface area (Å²) < 4.78 is 16.9. The van der Waals surface area contributed by atoms with Gasteiger partial charge in [0.2, 0.25) is 5.76 Å². The van der Waals surface area contributed by atoms with Crippen LogP contribution in [0.2, 0.25) is 0 Å². The van der Waals surface area contributed by atoms with Crippen molar-refractivity contribution in [3.8, 4) is 5.75 Å². The summed E-state index contributed by atoms with van der Waals surface area (Å²) in [6, 6.07) is 12.4. The molecule has 0 spiro atoms. The van der Waals surface area contributed by atoms with Crippen LogP contribution in [0.5, 0.6) is 5.75 Å². The zero-order valence-corrected chi connectivity index (χ0v) is 18.3. The van der Waals surface area contributed by atoms with Crippen LogP contribution in [0.15, 0.2) is 51.7 Å². The van der Waals surface area contributed by atoms with Gasteiger partial charge in [-0.15, -0.1) is 0 Å². The highest BCUT2D eigenvalue weighted by Gasteiger charge is 2.42. The molecule has 0 saturated carbocycles. The Kier molecular flexibility index (Phi) is 5.83.